The van der Waals surface area contributed by atoms with Gasteiger partial charge in [0.15, 0.2) is 0 Å². The molecule has 2 N–H and O–H groups in total. The molecule has 0 unspecified atom stereocenters. The molecule has 0 aliphatic rings. The summed E-state index contributed by atoms with van der Waals surface area (Å²) in [5.74, 6) is -1.11. The van der Waals surface area contributed by atoms with E-state index in [2.05, 4.69) is 0 Å². The van der Waals surface area contributed by atoms with E-state index in [4.69, 9.17) is 5.73 Å². The Morgan fingerprint density at radius 1 is 1.39 bits per heavy atom. The van der Waals surface area contributed by atoms with E-state index in [0.717, 1.165) is 12.1 Å². The van der Waals surface area contributed by atoms with Crippen molar-refractivity contribution in [3.8, 4) is 0 Å². The van der Waals surface area contributed by atoms with E-state index < -0.39 is 35.1 Å². The molecule has 0 aliphatic heterocycles. The molecule has 1 aromatic rings. The summed E-state index contributed by atoms with van der Waals surface area (Å²) in [6, 6.07) is 0.989. The van der Waals surface area contributed by atoms with Gasteiger partial charge in [0, 0.05) is 12.1 Å². The van der Waals surface area contributed by atoms with E-state index in [1.165, 1.54) is 0 Å². The van der Waals surface area contributed by atoms with Crippen molar-refractivity contribution in [2.75, 3.05) is 0 Å². The van der Waals surface area contributed by atoms with E-state index >= 15 is 0 Å². The Kier molecular flexibility index (Phi) is 5.50. The largest absolute Gasteiger partial charge is 0.390 e. The van der Waals surface area contributed by atoms with Crippen LogP contribution in [0.4, 0.5) is 23.2 Å². The van der Waals surface area contributed by atoms with Crippen LogP contribution in [0.25, 0.3) is 0 Å². The van der Waals surface area contributed by atoms with Crippen LogP contribution in [0, 0.1) is 15.9 Å². The van der Waals surface area contributed by atoms with Gasteiger partial charge in [0.25, 0.3) is 0 Å². The molecular formula is C9H9ClF4N2O2. The van der Waals surface area contributed by atoms with Crippen LogP contribution >= 0.6 is 12.4 Å². The summed E-state index contributed by atoms with van der Waals surface area (Å²) in [6.45, 7) is 0. The lowest BCUT2D eigenvalue weighted by molar-refractivity contribution is -0.387. The summed E-state index contributed by atoms with van der Waals surface area (Å²) in [5, 5.41) is 10.4. The fourth-order valence-electron chi connectivity index (χ4n) is 1.27. The van der Waals surface area contributed by atoms with Gasteiger partial charge in [-0.1, -0.05) is 6.07 Å². The highest BCUT2D eigenvalue weighted by Gasteiger charge is 2.31. The van der Waals surface area contributed by atoms with Crippen LogP contribution in [-0.2, 0) is 0 Å². The normalized spacial score (nSPS) is 12.7. The fourth-order valence-corrected chi connectivity index (χ4v) is 1.27. The van der Waals surface area contributed by atoms with Crippen molar-refractivity contribution in [3.63, 3.8) is 0 Å². The second-order valence-electron chi connectivity index (χ2n) is 3.39. The Morgan fingerprint density at radius 2 is 1.94 bits per heavy atom. The molecule has 0 aromatic heterocycles. The average Bonchev–Trinajstić information content (AvgIpc) is 2.14. The maximum Gasteiger partial charge on any atom is 0.390 e. The Morgan fingerprint density at radius 3 is 2.39 bits per heavy atom. The molecule has 0 aliphatic carbocycles. The first-order valence-electron chi connectivity index (χ1n) is 4.47. The van der Waals surface area contributed by atoms with Crippen LogP contribution in [0.5, 0.6) is 0 Å². The Labute approximate surface area is 105 Å². The smallest absolute Gasteiger partial charge is 0.324 e. The highest BCUT2D eigenvalue weighted by atomic mass is 35.5. The zero-order valence-electron chi connectivity index (χ0n) is 8.78. The first kappa shape index (κ1) is 16.6. The molecule has 0 saturated carbocycles. The molecule has 18 heavy (non-hydrogen) atoms. The molecule has 0 fully saturated rings. The number of nitro groups is 1. The molecule has 4 nitrogen and oxygen atoms in total. The molecule has 0 spiro atoms. The monoisotopic (exact) mass is 288 g/mol. The molecule has 102 valence electrons. The van der Waals surface area contributed by atoms with Gasteiger partial charge in [0.05, 0.1) is 11.3 Å². The molecule has 9 heteroatoms. The number of nitrogens with zero attached hydrogens (tertiary/aromatic N) is 1. The number of nitrogens with two attached hydrogens (primary N) is 1. The summed E-state index contributed by atoms with van der Waals surface area (Å²) < 4.78 is 49.0. The number of hydrogen-bond acceptors (Lipinski definition) is 3. The zero-order chi connectivity index (χ0) is 13.2. The number of rotatable bonds is 3. The van der Waals surface area contributed by atoms with E-state index in [-0.39, 0.29) is 18.0 Å². The molecule has 1 aromatic carbocycles. The molecule has 1 rings (SSSR count). The number of halogens is 5. The highest BCUT2D eigenvalue weighted by Crippen LogP contribution is 2.30. The minimum Gasteiger partial charge on any atom is -0.324 e. The predicted molar refractivity (Wildman–Crippen MR) is 57.9 cm³/mol. The Bertz CT molecular complexity index is 439. The lowest BCUT2D eigenvalue weighted by Gasteiger charge is -2.14. The van der Waals surface area contributed by atoms with Crippen LogP contribution in [0.2, 0.25) is 0 Å². The molecule has 0 bridgehead atoms. The quantitative estimate of drug-likeness (QED) is 0.528. The summed E-state index contributed by atoms with van der Waals surface area (Å²) in [5.41, 5.74) is 4.22. The van der Waals surface area contributed by atoms with E-state index in [9.17, 15) is 27.7 Å². The van der Waals surface area contributed by atoms with Crippen molar-refractivity contribution >= 4 is 18.1 Å². The lowest BCUT2D eigenvalue weighted by Crippen LogP contribution is -2.20. The Hall–Kier alpha value is -1.41. The topological polar surface area (TPSA) is 69.2 Å². The van der Waals surface area contributed by atoms with E-state index in [1.54, 1.807) is 0 Å². The third-order valence-electron chi connectivity index (χ3n) is 2.05. The summed E-state index contributed by atoms with van der Waals surface area (Å²) in [6.07, 6.45) is -5.81. The van der Waals surface area contributed by atoms with Gasteiger partial charge in [0.2, 0.25) is 5.82 Å². The molecule has 1 atom stereocenters. The number of nitro benzene ring substituents is 1. The first-order valence-corrected chi connectivity index (χ1v) is 4.47. The van der Waals surface area contributed by atoms with E-state index in [0.29, 0.717) is 6.07 Å². The van der Waals surface area contributed by atoms with Gasteiger partial charge in [-0.3, -0.25) is 10.1 Å². The third-order valence-corrected chi connectivity index (χ3v) is 2.05. The summed E-state index contributed by atoms with van der Waals surface area (Å²) >= 11 is 0. The lowest BCUT2D eigenvalue weighted by atomic mass is 10.0. The van der Waals surface area contributed by atoms with Crippen molar-refractivity contribution < 1.29 is 22.5 Å². The first-order chi connectivity index (χ1) is 7.70. The number of benzene rings is 1. The standard InChI is InChI=1S/C9H8F4N2O2.ClH/c10-6-2-1-5(3-8(6)15(16)17)7(14)4-9(11,12)13;/h1-3,7H,4,14H2;1H/t7-;/m1./s1. The van der Waals surface area contributed by atoms with Crippen LogP contribution in [-0.4, -0.2) is 11.1 Å². The molecule has 0 heterocycles. The second-order valence-corrected chi connectivity index (χ2v) is 3.39. The fraction of sp³-hybridized carbons (Fsp3) is 0.333. The second kappa shape index (κ2) is 5.96. The van der Waals surface area contributed by atoms with Crippen molar-refractivity contribution in [2.45, 2.75) is 18.6 Å². The van der Waals surface area contributed by atoms with Gasteiger partial charge >= 0.3 is 11.9 Å². The van der Waals surface area contributed by atoms with Crippen LogP contribution < -0.4 is 5.73 Å². The zero-order valence-corrected chi connectivity index (χ0v) is 9.59. The highest BCUT2D eigenvalue weighted by molar-refractivity contribution is 5.85. The van der Waals surface area contributed by atoms with Crippen LogP contribution in [0.15, 0.2) is 18.2 Å². The predicted octanol–water partition coefficient (Wildman–Crippen LogP) is 3.11. The molecular weight excluding hydrogens is 280 g/mol. The van der Waals surface area contributed by atoms with Gasteiger partial charge in [0.1, 0.15) is 0 Å². The van der Waals surface area contributed by atoms with Crippen LogP contribution in [0.3, 0.4) is 0 Å². The summed E-state index contributed by atoms with van der Waals surface area (Å²) in [4.78, 5) is 9.37. The van der Waals surface area contributed by atoms with Crippen molar-refractivity contribution in [2.24, 2.45) is 5.73 Å². The van der Waals surface area contributed by atoms with Gasteiger partial charge in [-0.2, -0.15) is 17.6 Å². The maximum atomic E-state index is 12.9. The van der Waals surface area contributed by atoms with Gasteiger partial charge in [-0.15, -0.1) is 12.4 Å². The van der Waals surface area contributed by atoms with Gasteiger partial charge in [-0.05, 0) is 11.6 Å². The molecule has 0 radical (unpaired) electrons. The van der Waals surface area contributed by atoms with Gasteiger partial charge in [-0.25, -0.2) is 0 Å². The summed E-state index contributed by atoms with van der Waals surface area (Å²) in [7, 11) is 0. The number of alkyl halides is 3. The van der Waals surface area contributed by atoms with Crippen molar-refractivity contribution in [3.05, 3.63) is 39.7 Å². The van der Waals surface area contributed by atoms with Crippen molar-refractivity contribution in [1.82, 2.24) is 0 Å². The number of hydrogen-bond donors (Lipinski definition) is 1. The third kappa shape index (κ3) is 4.46. The average molecular weight is 289 g/mol. The molecule has 0 saturated heterocycles. The van der Waals surface area contributed by atoms with E-state index in [1.807, 2.05) is 0 Å². The van der Waals surface area contributed by atoms with Crippen molar-refractivity contribution in [1.29, 1.82) is 0 Å². The Balaban J connectivity index is 0.00000289. The van der Waals surface area contributed by atoms with Crippen LogP contribution in [0.1, 0.15) is 18.0 Å². The minimum atomic E-state index is -4.48. The molecule has 0 amide bonds. The SMILES string of the molecule is Cl.N[C@H](CC(F)(F)F)c1ccc(F)c([N+](=O)[O-])c1. The van der Waals surface area contributed by atoms with Gasteiger partial charge < -0.3 is 5.73 Å². The minimum absolute atomic E-state index is 0. The maximum absolute atomic E-state index is 12.9.